The maximum atomic E-state index is 13.5. The van der Waals surface area contributed by atoms with Gasteiger partial charge in [0.1, 0.15) is 11.5 Å². The van der Waals surface area contributed by atoms with Crippen molar-refractivity contribution in [2.45, 2.75) is 17.9 Å². The van der Waals surface area contributed by atoms with Crippen molar-refractivity contribution in [1.82, 2.24) is 0 Å². The zero-order valence-electron chi connectivity index (χ0n) is 18.0. The Labute approximate surface area is 191 Å². The Morgan fingerprint density at radius 3 is 2.45 bits per heavy atom. The van der Waals surface area contributed by atoms with Gasteiger partial charge in [0.15, 0.2) is 11.9 Å². The predicted octanol–water partition coefficient (Wildman–Crippen LogP) is 3.49. The summed E-state index contributed by atoms with van der Waals surface area (Å²) >= 11 is 0. The van der Waals surface area contributed by atoms with Crippen molar-refractivity contribution < 1.29 is 27.5 Å². The van der Waals surface area contributed by atoms with Gasteiger partial charge in [0, 0.05) is 11.3 Å². The third-order valence-electron chi connectivity index (χ3n) is 5.21. The SMILES string of the molecule is COc1ccc(S(=O)(=O)N2C[C@H](C(=O)Nc3cccc(C(C)=O)c3)Oc3ccccc32)cc1. The molecule has 3 aromatic rings. The fourth-order valence-corrected chi connectivity index (χ4v) is 4.96. The summed E-state index contributed by atoms with van der Waals surface area (Å²) in [6, 6.07) is 19.2. The van der Waals surface area contributed by atoms with Crippen LogP contribution < -0.4 is 19.1 Å². The molecule has 170 valence electrons. The van der Waals surface area contributed by atoms with E-state index in [1.165, 1.54) is 30.5 Å². The van der Waals surface area contributed by atoms with Crippen LogP contribution in [0.3, 0.4) is 0 Å². The van der Waals surface area contributed by atoms with Crippen LogP contribution in [0.15, 0.2) is 77.7 Å². The average molecular weight is 467 g/mol. The number of anilines is 2. The van der Waals surface area contributed by atoms with Crippen molar-refractivity contribution >= 4 is 33.1 Å². The molecule has 3 aromatic carbocycles. The van der Waals surface area contributed by atoms with Crippen LogP contribution in [-0.2, 0) is 14.8 Å². The van der Waals surface area contributed by atoms with Gasteiger partial charge in [0.05, 0.1) is 24.2 Å². The van der Waals surface area contributed by atoms with E-state index in [-0.39, 0.29) is 23.0 Å². The Morgan fingerprint density at radius 2 is 1.76 bits per heavy atom. The van der Waals surface area contributed by atoms with Gasteiger partial charge < -0.3 is 14.8 Å². The third kappa shape index (κ3) is 4.54. The molecule has 9 heteroatoms. The number of nitrogens with zero attached hydrogens (tertiary/aromatic N) is 1. The van der Waals surface area contributed by atoms with Crippen LogP contribution in [0.1, 0.15) is 17.3 Å². The molecule has 0 radical (unpaired) electrons. The number of fused-ring (bicyclic) bond motifs is 1. The first kappa shape index (κ1) is 22.3. The van der Waals surface area contributed by atoms with Gasteiger partial charge in [-0.2, -0.15) is 0 Å². The largest absolute Gasteiger partial charge is 0.497 e. The highest BCUT2D eigenvalue weighted by atomic mass is 32.2. The molecule has 0 bridgehead atoms. The number of Topliss-reactive ketones (excluding diaryl/α,β-unsaturated/α-hetero) is 1. The number of carbonyl (C=O) groups excluding carboxylic acids is 2. The first-order valence-corrected chi connectivity index (χ1v) is 11.6. The highest BCUT2D eigenvalue weighted by molar-refractivity contribution is 7.92. The lowest BCUT2D eigenvalue weighted by atomic mass is 10.1. The van der Waals surface area contributed by atoms with Gasteiger partial charge in [0.25, 0.3) is 15.9 Å². The topological polar surface area (TPSA) is 102 Å². The van der Waals surface area contributed by atoms with E-state index in [1.807, 2.05) is 0 Å². The Bertz CT molecular complexity index is 1300. The maximum Gasteiger partial charge on any atom is 0.267 e. The summed E-state index contributed by atoms with van der Waals surface area (Å²) in [5.74, 6) is 0.144. The predicted molar refractivity (Wildman–Crippen MR) is 123 cm³/mol. The number of hydrogen-bond donors (Lipinski definition) is 1. The van der Waals surface area contributed by atoms with Crippen molar-refractivity contribution in [3.8, 4) is 11.5 Å². The number of carbonyl (C=O) groups is 2. The smallest absolute Gasteiger partial charge is 0.267 e. The lowest BCUT2D eigenvalue weighted by molar-refractivity contribution is -0.122. The summed E-state index contributed by atoms with van der Waals surface area (Å²) in [4.78, 5) is 24.7. The van der Waals surface area contributed by atoms with Crippen LogP contribution >= 0.6 is 0 Å². The number of sulfonamides is 1. The number of hydrogen-bond acceptors (Lipinski definition) is 6. The molecule has 0 saturated carbocycles. The number of para-hydroxylation sites is 2. The van der Waals surface area contributed by atoms with Gasteiger partial charge in [0.2, 0.25) is 0 Å². The standard InChI is InChI=1S/C24H22N2O6S/c1-16(27)17-6-5-7-18(14-17)25-24(28)23-15-26(21-8-3-4-9-22(21)32-23)33(29,30)20-12-10-19(31-2)11-13-20/h3-14,23H,15H2,1-2H3,(H,25,28)/t23-/m1/s1. The summed E-state index contributed by atoms with van der Waals surface area (Å²) in [7, 11) is -2.49. The van der Waals surface area contributed by atoms with E-state index in [0.717, 1.165) is 0 Å². The summed E-state index contributed by atoms with van der Waals surface area (Å²) in [5, 5.41) is 2.71. The summed E-state index contributed by atoms with van der Waals surface area (Å²) in [6.07, 6.45) is -1.10. The Hall–Kier alpha value is -3.85. The summed E-state index contributed by atoms with van der Waals surface area (Å²) in [6.45, 7) is 1.22. The van der Waals surface area contributed by atoms with E-state index in [2.05, 4.69) is 5.32 Å². The highest BCUT2D eigenvalue weighted by Gasteiger charge is 2.37. The van der Waals surface area contributed by atoms with Crippen molar-refractivity contribution in [2.75, 3.05) is 23.3 Å². The second-order valence-corrected chi connectivity index (χ2v) is 9.27. The average Bonchev–Trinajstić information content (AvgIpc) is 2.83. The minimum Gasteiger partial charge on any atom is -0.497 e. The fraction of sp³-hybridized carbons (Fsp3) is 0.167. The van der Waals surface area contributed by atoms with E-state index in [0.29, 0.717) is 22.7 Å². The molecule has 1 N–H and O–H groups in total. The molecule has 1 heterocycles. The second kappa shape index (κ2) is 8.95. The summed E-state index contributed by atoms with van der Waals surface area (Å²) in [5.41, 5.74) is 1.21. The molecular weight excluding hydrogens is 444 g/mol. The zero-order chi connectivity index (χ0) is 23.6. The van der Waals surface area contributed by atoms with Gasteiger partial charge in [-0.05, 0) is 55.5 Å². The lowest BCUT2D eigenvalue weighted by Crippen LogP contribution is -2.48. The normalized spacial score (nSPS) is 15.2. The van der Waals surface area contributed by atoms with Crippen LogP contribution in [0, 0.1) is 0 Å². The van der Waals surface area contributed by atoms with Gasteiger partial charge in [-0.15, -0.1) is 0 Å². The maximum absolute atomic E-state index is 13.5. The molecule has 8 nitrogen and oxygen atoms in total. The molecule has 1 aliphatic rings. The molecule has 0 saturated heterocycles. The lowest BCUT2D eigenvalue weighted by Gasteiger charge is -2.34. The third-order valence-corrected chi connectivity index (χ3v) is 7.01. The van der Waals surface area contributed by atoms with Gasteiger partial charge >= 0.3 is 0 Å². The second-order valence-electron chi connectivity index (χ2n) is 7.41. The molecule has 0 unspecified atom stereocenters. The fourth-order valence-electron chi connectivity index (χ4n) is 3.48. The molecule has 33 heavy (non-hydrogen) atoms. The monoisotopic (exact) mass is 466 g/mol. The molecular formula is C24H22N2O6S. The summed E-state index contributed by atoms with van der Waals surface area (Å²) < 4.78 is 39.0. The van der Waals surface area contributed by atoms with E-state index in [4.69, 9.17) is 9.47 Å². The van der Waals surface area contributed by atoms with Gasteiger partial charge in [-0.3, -0.25) is 13.9 Å². The molecule has 0 aliphatic carbocycles. The van der Waals surface area contributed by atoms with E-state index >= 15 is 0 Å². The Morgan fingerprint density at radius 1 is 1.03 bits per heavy atom. The van der Waals surface area contributed by atoms with E-state index in [9.17, 15) is 18.0 Å². The van der Waals surface area contributed by atoms with Gasteiger partial charge in [-0.25, -0.2) is 8.42 Å². The number of benzene rings is 3. The van der Waals surface area contributed by atoms with Crippen LogP contribution in [0.4, 0.5) is 11.4 Å². The zero-order valence-corrected chi connectivity index (χ0v) is 18.8. The van der Waals surface area contributed by atoms with Gasteiger partial charge in [-0.1, -0.05) is 24.3 Å². The first-order valence-electron chi connectivity index (χ1n) is 10.1. The minimum atomic E-state index is -3.98. The molecule has 1 atom stereocenters. The number of amides is 1. The Balaban J connectivity index is 1.64. The number of ether oxygens (including phenoxy) is 2. The number of methoxy groups -OCH3 is 1. The van der Waals surface area contributed by atoms with Crippen LogP contribution in [0.2, 0.25) is 0 Å². The van der Waals surface area contributed by atoms with E-state index in [1.54, 1.807) is 60.7 Å². The number of ketones is 1. The van der Waals surface area contributed by atoms with Crippen molar-refractivity contribution in [2.24, 2.45) is 0 Å². The van der Waals surface area contributed by atoms with Crippen molar-refractivity contribution in [3.63, 3.8) is 0 Å². The molecule has 0 spiro atoms. The highest BCUT2D eigenvalue weighted by Crippen LogP contribution is 2.37. The quantitative estimate of drug-likeness (QED) is 0.558. The molecule has 1 aliphatic heterocycles. The van der Waals surface area contributed by atoms with Crippen LogP contribution in [0.25, 0.3) is 0 Å². The first-order chi connectivity index (χ1) is 15.8. The Kier molecular flexibility index (Phi) is 6.06. The van der Waals surface area contributed by atoms with Crippen LogP contribution in [0.5, 0.6) is 11.5 Å². The number of nitrogens with one attached hydrogen (secondary N) is 1. The van der Waals surface area contributed by atoms with E-state index < -0.39 is 22.0 Å². The minimum absolute atomic E-state index is 0.0633. The molecule has 0 fully saturated rings. The van der Waals surface area contributed by atoms with Crippen molar-refractivity contribution in [1.29, 1.82) is 0 Å². The number of rotatable bonds is 6. The molecule has 4 rings (SSSR count). The van der Waals surface area contributed by atoms with Crippen LogP contribution in [-0.4, -0.2) is 39.9 Å². The van der Waals surface area contributed by atoms with Crippen molar-refractivity contribution in [3.05, 3.63) is 78.4 Å². The molecule has 1 amide bonds. The molecule has 0 aromatic heterocycles.